The fourth-order valence-corrected chi connectivity index (χ4v) is 2.91. The average Bonchev–Trinajstić information content (AvgIpc) is 3.04. The molecule has 0 aliphatic carbocycles. The maximum atomic E-state index is 5.57. The van der Waals surface area contributed by atoms with Crippen molar-refractivity contribution in [3.63, 3.8) is 0 Å². The van der Waals surface area contributed by atoms with Crippen molar-refractivity contribution < 1.29 is 4.74 Å². The van der Waals surface area contributed by atoms with Crippen LogP contribution in [0.4, 0.5) is 0 Å². The lowest BCUT2D eigenvalue weighted by Gasteiger charge is -2.12. The van der Waals surface area contributed by atoms with Gasteiger partial charge < -0.3 is 20.4 Å². The van der Waals surface area contributed by atoms with Gasteiger partial charge in [0.15, 0.2) is 5.96 Å². The molecular formula is C20H33IN4O. The lowest BCUT2D eigenvalue weighted by molar-refractivity contribution is 0.129. The van der Waals surface area contributed by atoms with E-state index in [0.29, 0.717) is 0 Å². The van der Waals surface area contributed by atoms with E-state index in [1.807, 2.05) is 7.05 Å². The van der Waals surface area contributed by atoms with Crippen LogP contribution in [-0.4, -0.2) is 44.3 Å². The zero-order valence-corrected chi connectivity index (χ0v) is 18.6. The number of aromatic amines is 1. The fraction of sp³-hybridized carbons (Fsp3) is 0.550. The molecule has 0 aliphatic rings. The molecule has 0 bridgehead atoms. The summed E-state index contributed by atoms with van der Waals surface area (Å²) in [7, 11) is 1.81. The summed E-state index contributed by atoms with van der Waals surface area (Å²) in [5.74, 6) is 0.852. The number of hydrogen-bond acceptors (Lipinski definition) is 2. The van der Waals surface area contributed by atoms with Crippen LogP contribution in [-0.2, 0) is 11.2 Å². The minimum absolute atomic E-state index is 0. The molecular weight excluding hydrogens is 439 g/mol. The molecule has 0 spiro atoms. The van der Waals surface area contributed by atoms with Crippen molar-refractivity contribution in [3.8, 4) is 0 Å². The third-order valence-corrected chi connectivity index (χ3v) is 4.31. The molecule has 1 aromatic heterocycles. The van der Waals surface area contributed by atoms with Gasteiger partial charge in [-0.25, -0.2) is 0 Å². The molecule has 26 heavy (non-hydrogen) atoms. The van der Waals surface area contributed by atoms with Gasteiger partial charge >= 0.3 is 0 Å². The van der Waals surface area contributed by atoms with Crippen molar-refractivity contribution >= 4 is 40.8 Å². The number of guanidine groups is 1. The second-order valence-electron chi connectivity index (χ2n) is 6.31. The van der Waals surface area contributed by atoms with E-state index in [-0.39, 0.29) is 24.0 Å². The van der Waals surface area contributed by atoms with Crippen LogP contribution in [0, 0.1) is 6.92 Å². The normalized spacial score (nSPS) is 11.4. The Hall–Kier alpha value is -1.28. The van der Waals surface area contributed by atoms with E-state index in [0.717, 1.165) is 51.5 Å². The predicted octanol–water partition coefficient (Wildman–Crippen LogP) is 4.01. The highest BCUT2D eigenvalue weighted by molar-refractivity contribution is 14.0. The molecule has 0 unspecified atom stereocenters. The Morgan fingerprint density at radius 3 is 2.69 bits per heavy atom. The number of H-pyrrole nitrogens is 1. The fourth-order valence-electron chi connectivity index (χ4n) is 2.91. The summed E-state index contributed by atoms with van der Waals surface area (Å²) in [5.41, 5.74) is 3.88. The Bertz CT molecular complexity index is 669. The first-order chi connectivity index (χ1) is 12.3. The Kier molecular flexibility index (Phi) is 11.4. The topological polar surface area (TPSA) is 61.4 Å². The Morgan fingerprint density at radius 1 is 1.15 bits per heavy atom. The maximum Gasteiger partial charge on any atom is 0.190 e. The molecule has 0 fully saturated rings. The number of nitrogens with one attached hydrogen (secondary N) is 3. The zero-order valence-electron chi connectivity index (χ0n) is 16.2. The lowest BCUT2D eigenvalue weighted by Crippen LogP contribution is -2.39. The summed E-state index contributed by atoms with van der Waals surface area (Å²) in [6, 6.07) is 6.38. The number of ether oxygens (including phenoxy) is 1. The Morgan fingerprint density at radius 2 is 1.92 bits per heavy atom. The number of aliphatic imine (C=N–C) groups is 1. The first kappa shape index (κ1) is 22.8. The van der Waals surface area contributed by atoms with Crippen LogP contribution in [0.1, 0.15) is 37.3 Å². The minimum atomic E-state index is 0. The first-order valence-corrected chi connectivity index (χ1v) is 9.34. The van der Waals surface area contributed by atoms with Crippen LogP contribution in [0.3, 0.4) is 0 Å². The minimum Gasteiger partial charge on any atom is -0.381 e. The third kappa shape index (κ3) is 7.15. The van der Waals surface area contributed by atoms with E-state index in [9.17, 15) is 0 Å². The summed E-state index contributed by atoms with van der Waals surface area (Å²) in [4.78, 5) is 7.64. The van der Waals surface area contributed by atoms with Gasteiger partial charge in [0.25, 0.3) is 0 Å². The molecule has 0 amide bonds. The molecule has 0 radical (unpaired) electrons. The molecule has 146 valence electrons. The third-order valence-electron chi connectivity index (χ3n) is 4.31. The molecule has 2 rings (SSSR count). The van der Waals surface area contributed by atoms with Crippen LogP contribution in [0.15, 0.2) is 29.4 Å². The second kappa shape index (κ2) is 13.0. The van der Waals surface area contributed by atoms with Crippen LogP contribution in [0.2, 0.25) is 0 Å². The molecule has 2 aromatic rings. The molecule has 6 heteroatoms. The van der Waals surface area contributed by atoms with Gasteiger partial charge in [0.05, 0.1) is 0 Å². The molecule has 0 saturated carbocycles. The monoisotopic (exact) mass is 472 g/mol. The SMILES string of the molecule is CCCCOCCCNC(=NC)NCCc1c[nH]c2cccc(C)c12.I. The smallest absolute Gasteiger partial charge is 0.190 e. The highest BCUT2D eigenvalue weighted by Crippen LogP contribution is 2.22. The van der Waals surface area contributed by atoms with Gasteiger partial charge in [-0.2, -0.15) is 0 Å². The van der Waals surface area contributed by atoms with E-state index in [1.54, 1.807) is 0 Å². The standard InChI is InChI=1S/C20H32N4O.HI/c1-4-5-13-25-14-7-11-22-20(21-3)23-12-10-17-15-24-18-9-6-8-16(2)19(17)18;/h6,8-9,15,24H,4-5,7,10-14H2,1-3H3,(H2,21,22,23);1H. The van der Waals surface area contributed by atoms with Gasteiger partial charge in [0.1, 0.15) is 0 Å². The largest absolute Gasteiger partial charge is 0.381 e. The first-order valence-electron chi connectivity index (χ1n) is 9.34. The number of nitrogens with zero attached hydrogens (tertiary/aromatic N) is 1. The summed E-state index contributed by atoms with van der Waals surface area (Å²) in [5, 5.41) is 8.07. The number of aryl methyl sites for hydroxylation is 1. The average molecular weight is 472 g/mol. The van der Waals surface area contributed by atoms with Crippen LogP contribution >= 0.6 is 24.0 Å². The van der Waals surface area contributed by atoms with Gasteiger partial charge in [-0.05, 0) is 43.4 Å². The number of benzene rings is 1. The van der Waals surface area contributed by atoms with Crippen LogP contribution in [0.5, 0.6) is 0 Å². The van der Waals surface area contributed by atoms with Crippen molar-refractivity contribution in [2.24, 2.45) is 4.99 Å². The van der Waals surface area contributed by atoms with E-state index < -0.39 is 0 Å². The van der Waals surface area contributed by atoms with Gasteiger partial charge in [-0.3, -0.25) is 4.99 Å². The van der Waals surface area contributed by atoms with Crippen molar-refractivity contribution in [3.05, 3.63) is 35.5 Å². The van der Waals surface area contributed by atoms with Crippen LogP contribution < -0.4 is 10.6 Å². The Balaban J connectivity index is 0.00000338. The van der Waals surface area contributed by atoms with Gasteiger partial charge in [0.2, 0.25) is 0 Å². The van der Waals surface area contributed by atoms with Crippen molar-refractivity contribution in [1.82, 2.24) is 15.6 Å². The number of fused-ring (bicyclic) bond motifs is 1. The van der Waals surface area contributed by atoms with Gasteiger partial charge in [0, 0.05) is 50.5 Å². The quantitative estimate of drug-likeness (QED) is 0.212. The molecule has 5 nitrogen and oxygen atoms in total. The molecule has 0 saturated heterocycles. The molecule has 0 aliphatic heterocycles. The van der Waals surface area contributed by atoms with Gasteiger partial charge in [-0.1, -0.05) is 25.5 Å². The highest BCUT2D eigenvalue weighted by atomic mass is 127. The lowest BCUT2D eigenvalue weighted by atomic mass is 10.1. The predicted molar refractivity (Wildman–Crippen MR) is 122 cm³/mol. The summed E-state index contributed by atoms with van der Waals surface area (Å²) >= 11 is 0. The van der Waals surface area contributed by atoms with E-state index in [2.05, 4.69) is 58.9 Å². The van der Waals surface area contributed by atoms with Crippen molar-refractivity contribution in [1.29, 1.82) is 0 Å². The number of unbranched alkanes of at least 4 members (excludes halogenated alkanes) is 1. The molecule has 1 aromatic carbocycles. The zero-order chi connectivity index (χ0) is 17.9. The number of aromatic nitrogens is 1. The summed E-state index contributed by atoms with van der Waals surface area (Å²) in [6.45, 7) is 7.74. The van der Waals surface area contributed by atoms with Gasteiger partial charge in [-0.15, -0.1) is 24.0 Å². The van der Waals surface area contributed by atoms with E-state index >= 15 is 0 Å². The Labute approximate surface area is 174 Å². The van der Waals surface area contributed by atoms with Crippen LogP contribution in [0.25, 0.3) is 10.9 Å². The number of rotatable bonds is 10. The number of hydrogen-bond donors (Lipinski definition) is 3. The van der Waals surface area contributed by atoms with E-state index in [1.165, 1.54) is 28.5 Å². The summed E-state index contributed by atoms with van der Waals surface area (Å²) < 4.78 is 5.57. The molecule has 0 atom stereocenters. The second-order valence-corrected chi connectivity index (χ2v) is 6.31. The summed E-state index contributed by atoms with van der Waals surface area (Å²) in [6.07, 6.45) is 6.40. The van der Waals surface area contributed by atoms with Crippen molar-refractivity contribution in [2.75, 3.05) is 33.4 Å². The molecule has 1 heterocycles. The maximum absolute atomic E-state index is 5.57. The highest BCUT2D eigenvalue weighted by Gasteiger charge is 2.06. The number of halogens is 1. The van der Waals surface area contributed by atoms with Crippen molar-refractivity contribution in [2.45, 2.75) is 39.5 Å². The molecule has 3 N–H and O–H groups in total. The van der Waals surface area contributed by atoms with E-state index in [4.69, 9.17) is 4.74 Å².